The summed E-state index contributed by atoms with van der Waals surface area (Å²) in [4.78, 5) is 31.5. The fourth-order valence-corrected chi connectivity index (χ4v) is 2.92. The lowest BCUT2D eigenvalue weighted by Gasteiger charge is -2.32. The van der Waals surface area contributed by atoms with Crippen molar-refractivity contribution in [1.82, 2.24) is 4.57 Å². The number of hydrogen-bond donors (Lipinski definition) is 2. The van der Waals surface area contributed by atoms with Crippen molar-refractivity contribution in [1.29, 1.82) is 0 Å². The minimum absolute atomic E-state index is 0.286. The molecule has 8 nitrogen and oxygen atoms in total. The van der Waals surface area contributed by atoms with Gasteiger partial charge in [0.25, 0.3) is 5.91 Å². The Hall–Kier alpha value is -3.22. The number of anilines is 1. The van der Waals surface area contributed by atoms with Gasteiger partial charge in [0, 0.05) is 42.4 Å². The molecule has 1 aliphatic rings. The lowest BCUT2D eigenvalue weighted by molar-refractivity contribution is 0.100. The average molecular weight is 353 g/mol. The van der Waals surface area contributed by atoms with Crippen LogP contribution in [0, 0.1) is 0 Å². The van der Waals surface area contributed by atoms with Crippen LogP contribution in [0.25, 0.3) is 5.69 Å². The zero-order valence-corrected chi connectivity index (χ0v) is 14.1. The van der Waals surface area contributed by atoms with Gasteiger partial charge >= 0.3 is 0 Å². The van der Waals surface area contributed by atoms with E-state index in [2.05, 4.69) is 14.9 Å². The molecule has 2 heterocycles. The van der Waals surface area contributed by atoms with E-state index < -0.39 is 11.9 Å². The van der Waals surface area contributed by atoms with Gasteiger partial charge in [-0.15, -0.1) is 4.99 Å². The van der Waals surface area contributed by atoms with Gasteiger partial charge in [0.05, 0.1) is 6.10 Å². The third kappa shape index (κ3) is 4.05. The molecule has 0 radical (unpaired) electrons. The first-order valence-electron chi connectivity index (χ1n) is 8.24. The number of aliphatic hydroxyl groups excluding tert-OH is 1. The molecule has 3 rings (SSSR count). The zero-order chi connectivity index (χ0) is 18.5. The molecule has 3 N–H and O–H groups in total. The summed E-state index contributed by atoms with van der Waals surface area (Å²) in [7, 11) is 0. The number of hydrogen-bond acceptors (Lipinski definition) is 4. The number of aliphatic hydroxyl groups is 1. The number of nitrogens with zero attached hydrogens (tertiary/aromatic N) is 4. The highest BCUT2D eigenvalue weighted by Crippen LogP contribution is 2.25. The van der Waals surface area contributed by atoms with E-state index in [9.17, 15) is 14.7 Å². The average Bonchev–Trinajstić information content (AvgIpc) is 3.17. The molecule has 26 heavy (non-hydrogen) atoms. The maximum atomic E-state index is 12.4. The highest BCUT2D eigenvalue weighted by Gasteiger charge is 2.19. The SMILES string of the molecule is NC(N=C=O)=NC(=O)c1cc(N2CCC(O)CC2)cc(-n2cccc2)c1. The van der Waals surface area contributed by atoms with Crippen molar-refractivity contribution < 1.29 is 14.7 Å². The number of carbonyl (C=O) groups is 1. The van der Waals surface area contributed by atoms with Crippen LogP contribution in [0.4, 0.5) is 5.69 Å². The number of amides is 1. The first-order chi connectivity index (χ1) is 12.6. The van der Waals surface area contributed by atoms with Crippen molar-refractivity contribution in [2.75, 3.05) is 18.0 Å². The fourth-order valence-electron chi connectivity index (χ4n) is 2.92. The van der Waals surface area contributed by atoms with Gasteiger partial charge < -0.3 is 20.3 Å². The van der Waals surface area contributed by atoms with Crippen LogP contribution >= 0.6 is 0 Å². The molecule has 0 unspecified atom stereocenters. The molecule has 0 bridgehead atoms. The van der Waals surface area contributed by atoms with Gasteiger partial charge in [-0.25, -0.2) is 4.79 Å². The molecule has 1 fully saturated rings. The van der Waals surface area contributed by atoms with E-state index in [4.69, 9.17) is 5.73 Å². The molecule has 1 amide bonds. The Morgan fingerprint density at radius 3 is 2.46 bits per heavy atom. The number of guanidine groups is 1. The normalized spacial score (nSPS) is 15.6. The molecule has 1 aliphatic heterocycles. The van der Waals surface area contributed by atoms with Crippen molar-refractivity contribution in [2.24, 2.45) is 15.7 Å². The third-order valence-electron chi connectivity index (χ3n) is 4.26. The van der Waals surface area contributed by atoms with Crippen molar-refractivity contribution in [3.63, 3.8) is 0 Å². The standard InChI is InChI=1S/C18H19N5O3/c19-18(20-12-24)21-17(26)13-9-14(22-5-1-2-6-22)11-15(10-13)23-7-3-16(25)4-8-23/h1-2,5-6,9-11,16,25H,3-4,7-8H2,(H2,19,21,26). The van der Waals surface area contributed by atoms with Gasteiger partial charge in [-0.1, -0.05) is 0 Å². The Kier molecular flexibility index (Phi) is 5.26. The Morgan fingerprint density at radius 1 is 1.15 bits per heavy atom. The second kappa shape index (κ2) is 7.77. The van der Waals surface area contributed by atoms with E-state index >= 15 is 0 Å². The monoisotopic (exact) mass is 353 g/mol. The fraction of sp³-hybridized carbons (Fsp3) is 0.278. The number of nitrogens with two attached hydrogens (primary N) is 1. The Morgan fingerprint density at radius 2 is 1.81 bits per heavy atom. The highest BCUT2D eigenvalue weighted by atomic mass is 16.3. The molecule has 1 aromatic carbocycles. The highest BCUT2D eigenvalue weighted by molar-refractivity contribution is 6.04. The van der Waals surface area contributed by atoms with Crippen LogP contribution in [0.3, 0.4) is 0 Å². The van der Waals surface area contributed by atoms with Crippen molar-refractivity contribution in [3.8, 4) is 5.69 Å². The van der Waals surface area contributed by atoms with Crippen molar-refractivity contribution >= 4 is 23.6 Å². The zero-order valence-electron chi connectivity index (χ0n) is 14.1. The summed E-state index contributed by atoms with van der Waals surface area (Å²) in [5, 5.41) is 9.71. The molecular formula is C18H19N5O3. The molecule has 134 valence electrons. The van der Waals surface area contributed by atoms with E-state index in [-0.39, 0.29) is 6.10 Å². The summed E-state index contributed by atoms with van der Waals surface area (Å²) in [6.45, 7) is 1.40. The van der Waals surface area contributed by atoms with Gasteiger partial charge in [-0.2, -0.15) is 4.99 Å². The van der Waals surface area contributed by atoms with Crippen LogP contribution in [-0.2, 0) is 4.79 Å². The number of piperidine rings is 1. The topological polar surface area (TPSA) is 113 Å². The Labute approximate surface area is 150 Å². The minimum atomic E-state index is -0.589. The van der Waals surface area contributed by atoms with Crippen molar-refractivity contribution in [3.05, 3.63) is 48.3 Å². The molecule has 0 atom stereocenters. The predicted octanol–water partition coefficient (Wildman–Crippen LogP) is 1.23. The van der Waals surface area contributed by atoms with Crippen LogP contribution < -0.4 is 10.6 Å². The largest absolute Gasteiger partial charge is 0.393 e. The molecule has 0 spiro atoms. The number of carbonyl (C=O) groups excluding carboxylic acids is 2. The second-order valence-electron chi connectivity index (χ2n) is 6.02. The van der Waals surface area contributed by atoms with Gasteiger partial charge in [0.1, 0.15) is 0 Å². The Bertz CT molecular complexity index is 861. The van der Waals surface area contributed by atoms with E-state index in [0.29, 0.717) is 31.5 Å². The lowest BCUT2D eigenvalue weighted by atomic mass is 10.1. The predicted molar refractivity (Wildman–Crippen MR) is 97.3 cm³/mol. The number of aromatic nitrogens is 1. The first kappa shape index (κ1) is 17.6. The smallest absolute Gasteiger partial charge is 0.280 e. The van der Waals surface area contributed by atoms with Crippen LogP contribution in [0.5, 0.6) is 0 Å². The maximum Gasteiger partial charge on any atom is 0.280 e. The van der Waals surface area contributed by atoms with E-state index in [0.717, 1.165) is 11.4 Å². The summed E-state index contributed by atoms with van der Waals surface area (Å²) in [6.07, 6.45) is 6.08. The maximum absolute atomic E-state index is 12.4. The molecule has 1 saturated heterocycles. The summed E-state index contributed by atoms with van der Waals surface area (Å²) < 4.78 is 1.88. The Balaban J connectivity index is 1.99. The number of benzene rings is 1. The summed E-state index contributed by atoms with van der Waals surface area (Å²) in [5.41, 5.74) is 7.40. The van der Waals surface area contributed by atoms with Gasteiger partial charge in [-0.3, -0.25) is 4.79 Å². The first-order valence-corrected chi connectivity index (χ1v) is 8.24. The molecule has 1 aromatic heterocycles. The molecule has 0 saturated carbocycles. The quantitative estimate of drug-likeness (QED) is 0.489. The van der Waals surface area contributed by atoms with Crippen LogP contribution in [0.2, 0.25) is 0 Å². The lowest BCUT2D eigenvalue weighted by Crippen LogP contribution is -2.35. The number of aliphatic imine (C=N–C) groups is 2. The van der Waals surface area contributed by atoms with Gasteiger partial charge in [0.15, 0.2) is 0 Å². The van der Waals surface area contributed by atoms with E-state index in [1.807, 2.05) is 35.2 Å². The molecule has 8 heteroatoms. The van der Waals surface area contributed by atoms with E-state index in [1.54, 1.807) is 12.1 Å². The summed E-state index contributed by atoms with van der Waals surface area (Å²) >= 11 is 0. The molecule has 0 aliphatic carbocycles. The number of rotatable bonds is 3. The summed E-state index contributed by atoms with van der Waals surface area (Å²) in [5.74, 6) is -1.02. The van der Waals surface area contributed by atoms with E-state index in [1.165, 1.54) is 6.08 Å². The van der Waals surface area contributed by atoms with Crippen LogP contribution in [0.15, 0.2) is 52.7 Å². The number of isocyanates is 1. The van der Waals surface area contributed by atoms with Crippen LogP contribution in [0.1, 0.15) is 23.2 Å². The summed E-state index contributed by atoms with van der Waals surface area (Å²) in [6, 6.07) is 9.19. The van der Waals surface area contributed by atoms with Crippen LogP contribution in [-0.4, -0.2) is 46.8 Å². The van der Waals surface area contributed by atoms with Gasteiger partial charge in [0.2, 0.25) is 12.0 Å². The van der Waals surface area contributed by atoms with Crippen molar-refractivity contribution in [2.45, 2.75) is 18.9 Å². The molecular weight excluding hydrogens is 334 g/mol. The molecule has 2 aromatic rings. The third-order valence-corrected chi connectivity index (χ3v) is 4.26. The van der Waals surface area contributed by atoms with Gasteiger partial charge in [-0.05, 0) is 43.2 Å². The second-order valence-corrected chi connectivity index (χ2v) is 6.02. The minimum Gasteiger partial charge on any atom is -0.393 e.